The molecule has 0 fully saturated rings. The molecule has 0 aliphatic rings. The number of aldehydes is 1. The molecule has 1 unspecified atom stereocenters. The molecular formula is C22H33O8P2+. The molecule has 2 rings (SSSR count). The van der Waals surface area contributed by atoms with E-state index in [4.69, 9.17) is 9.05 Å². The van der Waals surface area contributed by atoms with Gasteiger partial charge in [-0.15, -0.1) is 9.05 Å². The number of aliphatic hydroxyl groups excluding tert-OH is 1. The molecule has 0 spiro atoms. The van der Waals surface area contributed by atoms with E-state index in [1.807, 2.05) is 24.3 Å². The number of carbonyl (C=O) groups is 1. The van der Waals surface area contributed by atoms with Crippen LogP contribution >= 0.6 is 15.9 Å². The van der Waals surface area contributed by atoms with E-state index in [9.17, 15) is 19.0 Å². The molecule has 0 radical (unpaired) electrons. The molecule has 32 heavy (non-hydrogen) atoms. The SMILES string of the molecule is CCOP(=O)(OCC)C(O)c1ccccc1.CCO[P+](=O)OCC.O=Cc1ccccc1. The smallest absolute Gasteiger partial charge is 0.376 e. The van der Waals surface area contributed by atoms with Crippen LogP contribution in [0.5, 0.6) is 0 Å². The van der Waals surface area contributed by atoms with Gasteiger partial charge >= 0.3 is 15.9 Å². The Morgan fingerprint density at radius 2 is 1.28 bits per heavy atom. The minimum atomic E-state index is -3.48. The minimum absolute atomic E-state index is 0.237. The number of carbonyl (C=O) groups excluding carboxylic acids is 1. The lowest BCUT2D eigenvalue weighted by Gasteiger charge is -2.22. The maximum Gasteiger partial charge on any atom is 0.697 e. The summed E-state index contributed by atoms with van der Waals surface area (Å²) in [4.78, 5) is 10.0. The second-order valence-electron chi connectivity index (χ2n) is 5.75. The van der Waals surface area contributed by atoms with Crippen molar-refractivity contribution < 1.29 is 37.1 Å². The molecule has 10 heteroatoms. The Balaban J connectivity index is 0.000000504. The van der Waals surface area contributed by atoms with Gasteiger partial charge in [0.05, 0.1) is 13.2 Å². The van der Waals surface area contributed by atoms with E-state index >= 15 is 0 Å². The molecule has 0 saturated carbocycles. The first kappa shape index (κ1) is 30.2. The van der Waals surface area contributed by atoms with Gasteiger partial charge in [-0.05, 0) is 33.3 Å². The van der Waals surface area contributed by atoms with Crippen LogP contribution in [0.1, 0.15) is 49.5 Å². The average molecular weight is 487 g/mol. The summed E-state index contributed by atoms with van der Waals surface area (Å²) in [6, 6.07) is 17.8. The first-order valence-electron chi connectivity index (χ1n) is 10.2. The van der Waals surface area contributed by atoms with Crippen LogP contribution in [0.15, 0.2) is 60.7 Å². The van der Waals surface area contributed by atoms with Crippen LogP contribution < -0.4 is 0 Å². The predicted molar refractivity (Wildman–Crippen MR) is 125 cm³/mol. The number of hydrogen-bond donors (Lipinski definition) is 1. The normalized spacial score (nSPS) is 11.3. The highest BCUT2D eigenvalue weighted by Crippen LogP contribution is 2.59. The Hall–Kier alpha value is -1.76. The molecular weight excluding hydrogens is 454 g/mol. The van der Waals surface area contributed by atoms with Crippen LogP contribution in [-0.2, 0) is 27.2 Å². The zero-order valence-corrected chi connectivity index (χ0v) is 20.7. The molecule has 8 nitrogen and oxygen atoms in total. The average Bonchev–Trinajstić information content (AvgIpc) is 2.81. The molecule has 0 heterocycles. The molecule has 178 valence electrons. The van der Waals surface area contributed by atoms with Gasteiger partial charge in [0.25, 0.3) is 0 Å². The van der Waals surface area contributed by atoms with Crippen molar-refractivity contribution >= 4 is 22.1 Å². The van der Waals surface area contributed by atoms with Gasteiger partial charge in [0, 0.05) is 10.1 Å². The Morgan fingerprint density at radius 1 is 0.844 bits per heavy atom. The largest absolute Gasteiger partial charge is 0.697 e. The fourth-order valence-corrected chi connectivity index (χ4v) is 4.24. The quantitative estimate of drug-likeness (QED) is 0.297. The van der Waals surface area contributed by atoms with Crippen LogP contribution in [0.4, 0.5) is 0 Å². The molecule has 0 aliphatic carbocycles. The van der Waals surface area contributed by atoms with Crippen molar-refractivity contribution in [3.63, 3.8) is 0 Å². The zero-order valence-electron chi connectivity index (χ0n) is 19.0. The van der Waals surface area contributed by atoms with Gasteiger partial charge in [-0.25, -0.2) is 0 Å². The number of rotatable bonds is 11. The first-order valence-corrected chi connectivity index (χ1v) is 12.9. The number of aliphatic hydroxyl groups is 1. The van der Waals surface area contributed by atoms with Gasteiger partial charge < -0.3 is 14.2 Å². The Bertz CT molecular complexity index is 769. The lowest BCUT2D eigenvalue weighted by molar-refractivity contribution is 0.112. The lowest BCUT2D eigenvalue weighted by atomic mass is 10.2. The van der Waals surface area contributed by atoms with Crippen LogP contribution in [0, 0.1) is 0 Å². The van der Waals surface area contributed by atoms with Crippen molar-refractivity contribution in [3.8, 4) is 0 Å². The summed E-state index contributed by atoms with van der Waals surface area (Å²) < 4.78 is 41.8. The monoisotopic (exact) mass is 487 g/mol. The third kappa shape index (κ3) is 12.9. The first-order chi connectivity index (χ1) is 15.4. The van der Waals surface area contributed by atoms with Crippen LogP contribution in [0.2, 0.25) is 0 Å². The molecule has 0 bridgehead atoms. The third-order valence-electron chi connectivity index (χ3n) is 3.42. The van der Waals surface area contributed by atoms with Crippen molar-refractivity contribution in [3.05, 3.63) is 71.8 Å². The maximum absolute atomic E-state index is 12.2. The maximum atomic E-state index is 12.2. The van der Waals surface area contributed by atoms with Gasteiger partial charge in [-0.3, -0.25) is 9.36 Å². The fraction of sp³-hybridized carbons (Fsp3) is 0.409. The van der Waals surface area contributed by atoms with Crippen molar-refractivity contribution in [1.29, 1.82) is 0 Å². The highest BCUT2D eigenvalue weighted by molar-refractivity contribution is 7.54. The summed E-state index contributed by atoms with van der Waals surface area (Å²) in [6.45, 7) is 8.32. The van der Waals surface area contributed by atoms with Gasteiger partial charge in [0.2, 0.25) is 0 Å². The van der Waals surface area contributed by atoms with Crippen LogP contribution in [0.25, 0.3) is 0 Å². The summed E-state index contributed by atoms with van der Waals surface area (Å²) in [6.07, 6.45) is 0.833. The Morgan fingerprint density at radius 3 is 1.62 bits per heavy atom. The Kier molecular flexibility index (Phi) is 17.7. The molecule has 2 aromatic rings. The standard InChI is InChI=1S/C11H17O4P.C7H6O.C4H10O3P/c1-3-14-16(13,15-4-2)11(12)10-8-6-5-7-9-10;8-6-7-4-2-1-3-5-7;1-3-6-8(5)7-4-2/h5-9,11-12H,3-4H2,1-2H3;1-6H;3-4H2,1-2H3/q;;+1. The number of hydrogen-bond acceptors (Lipinski definition) is 8. The van der Waals surface area contributed by atoms with Gasteiger partial charge in [0.1, 0.15) is 19.5 Å². The predicted octanol–water partition coefficient (Wildman–Crippen LogP) is 6.16. The van der Waals surface area contributed by atoms with E-state index < -0.39 is 21.7 Å². The van der Waals surface area contributed by atoms with E-state index in [-0.39, 0.29) is 13.2 Å². The molecule has 0 amide bonds. The summed E-state index contributed by atoms with van der Waals surface area (Å²) >= 11 is 0. The molecule has 0 aromatic heterocycles. The molecule has 1 atom stereocenters. The van der Waals surface area contributed by atoms with Crippen molar-refractivity contribution in [2.75, 3.05) is 26.4 Å². The van der Waals surface area contributed by atoms with Crippen molar-refractivity contribution in [1.82, 2.24) is 0 Å². The van der Waals surface area contributed by atoms with Crippen LogP contribution in [0.3, 0.4) is 0 Å². The second-order valence-corrected chi connectivity index (χ2v) is 8.80. The summed E-state index contributed by atoms with van der Waals surface area (Å²) in [7, 11) is -5.31. The third-order valence-corrected chi connectivity index (χ3v) is 6.49. The molecule has 2 aromatic carbocycles. The van der Waals surface area contributed by atoms with Crippen LogP contribution in [-0.4, -0.2) is 37.8 Å². The van der Waals surface area contributed by atoms with E-state index in [1.165, 1.54) is 0 Å². The van der Waals surface area contributed by atoms with E-state index in [0.29, 0.717) is 18.8 Å². The second kappa shape index (κ2) is 18.8. The highest BCUT2D eigenvalue weighted by atomic mass is 31.2. The van der Waals surface area contributed by atoms with Gasteiger partial charge in [-0.2, -0.15) is 0 Å². The highest BCUT2D eigenvalue weighted by Gasteiger charge is 2.35. The van der Waals surface area contributed by atoms with E-state index in [2.05, 4.69) is 9.05 Å². The Labute approximate surface area is 191 Å². The molecule has 1 N–H and O–H groups in total. The summed E-state index contributed by atoms with van der Waals surface area (Å²) in [5.41, 5.74) is 1.26. The van der Waals surface area contributed by atoms with Crippen molar-refractivity contribution in [2.24, 2.45) is 0 Å². The zero-order chi connectivity index (χ0) is 24.2. The number of benzene rings is 2. The molecule has 0 aliphatic heterocycles. The van der Waals surface area contributed by atoms with Gasteiger partial charge in [0.15, 0.2) is 5.85 Å². The lowest BCUT2D eigenvalue weighted by Crippen LogP contribution is -2.05. The summed E-state index contributed by atoms with van der Waals surface area (Å²) in [5.74, 6) is -1.23. The van der Waals surface area contributed by atoms with E-state index in [0.717, 1.165) is 11.8 Å². The molecule has 0 saturated heterocycles. The van der Waals surface area contributed by atoms with E-state index in [1.54, 1.807) is 64.1 Å². The topological polar surface area (TPSA) is 108 Å². The van der Waals surface area contributed by atoms with Gasteiger partial charge in [-0.1, -0.05) is 60.7 Å². The minimum Gasteiger partial charge on any atom is -0.376 e. The fourth-order valence-electron chi connectivity index (χ4n) is 2.13. The summed E-state index contributed by atoms with van der Waals surface area (Å²) in [5, 5.41) is 9.99. The van der Waals surface area contributed by atoms with Crippen molar-refractivity contribution in [2.45, 2.75) is 33.5 Å².